The van der Waals surface area contributed by atoms with Gasteiger partial charge in [-0.05, 0) is 18.3 Å². The predicted octanol–water partition coefficient (Wildman–Crippen LogP) is 3.82. The van der Waals surface area contributed by atoms with Gasteiger partial charge >= 0.3 is 0 Å². The molecular formula is C12H24O. The van der Waals surface area contributed by atoms with Crippen LogP contribution in [0.2, 0.25) is 0 Å². The smallest absolute Gasteiger partial charge is 0.120 e. The van der Waals surface area contributed by atoms with Crippen LogP contribution in [0.4, 0.5) is 0 Å². The Morgan fingerprint density at radius 2 is 1.85 bits per heavy atom. The molecule has 0 fully saturated rings. The molecule has 1 nitrogen and oxygen atoms in total. The molecule has 0 saturated heterocycles. The predicted molar refractivity (Wildman–Crippen MR) is 57.8 cm³/mol. The highest BCUT2D eigenvalue weighted by Crippen LogP contribution is 2.19. The summed E-state index contributed by atoms with van der Waals surface area (Å²) in [6.45, 7) is 6.71. The van der Waals surface area contributed by atoms with E-state index in [4.69, 9.17) is 0 Å². The molecule has 0 aromatic rings. The van der Waals surface area contributed by atoms with Gasteiger partial charge in [0.2, 0.25) is 0 Å². The fraction of sp³-hybridized carbons (Fsp3) is 0.917. The lowest BCUT2D eigenvalue weighted by Gasteiger charge is -2.14. The second-order valence-electron chi connectivity index (χ2n) is 4.34. The molecule has 0 heterocycles. The lowest BCUT2D eigenvalue weighted by Crippen LogP contribution is -2.03. The Labute approximate surface area is 82.9 Å². The van der Waals surface area contributed by atoms with Crippen molar-refractivity contribution in [1.82, 2.24) is 0 Å². The van der Waals surface area contributed by atoms with Gasteiger partial charge in [0.15, 0.2) is 0 Å². The SMILES string of the molecule is CCCCCC(C)CC(C)CC=O. The fourth-order valence-electron chi connectivity index (χ4n) is 1.81. The van der Waals surface area contributed by atoms with E-state index < -0.39 is 0 Å². The summed E-state index contributed by atoms with van der Waals surface area (Å²) in [7, 11) is 0. The Bertz CT molecular complexity index is 120. The van der Waals surface area contributed by atoms with Crippen LogP contribution in [0, 0.1) is 11.8 Å². The Morgan fingerprint density at radius 3 is 2.38 bits per heavy atom. The number of rotatable bonds is 8. The van der Waals surface area contributed by atoms with Crippen LogP contribution in [0.5, 0.6) is 0 Å². The molecule has 2 atom stereocenters. The topological polar surface area (TPSA) is 17.1 Å². The van der Waals surface area contributed by atoms with Gasteiger partial charge in [0.25, 0.3) is 0 Å². The van der Waals surface area contributed by atoms with Crippen LogP contribution in [0.15, 0.2) is 0 Å². The van der Waals surface area contributed by atoms with Crippen molar-refractivity contribution in [2.24, 2.45) is 11.8 Å². The molecule has 0 aliphatic carbocycles. The zero-order chi connectivity index (χ0) is 10.1. The quantitative estimate of drug-likeness (QED) is 0.414. The van der Waals surface area contributed by atoms with E-state index >= 15 is 0 Å². The van der Waals surface area contributed by atoms with Gasteiger partial charge < -0.3 is 4.79 Å². The van der Waals surface area contributed by atoms with Gasteiger partial charge in [-0.1, -0.05) is 46.5 Å². The van der Waals surface area contributed by atoms with E-state index in [0.717, 1.165) is 18.6 Å². The van der Waals surface area contributed by atoms with Gasteiger partial charge in [0.1, 0.15) is 6.29 Å². The highest BCUT2D eigenvalue weighted by Gasteiger charge is 2.07. The average molecular weight is 184 g/mol. The minimum atomic E-state index is 0.578. The second-order valence-corrected chi connectivity index (χ2v) is 4.34. The van der Waals surface area contributed by atoms with E-state index in [9.17, 15) is 4.79 Å². The molecule has 0 aromatic carbocycles. The second kappa shape index (κ2) is 8.28. The van der Waals surface area contributed by atoms with E-state index in [-0.39, 0.29) is 0 Å². The third-order valence-electron chi connectivity index (χ3n) is 2.60. The summed E-state index contributed by atoms with van der Waals surface area (Å²) in [6, 6.07) is 0. The number of carbonyl (C=O) groups excluding carboxylic acids is 1. The van der Waals surface area contributed by atoms with E-state index in [1.807, 2.05) is 0 Å². The van der Waals surface area contributed by atoms with Crippen molar-refractivity contribution < 1.29 is 4.79 Å². The Kier molecular flexibility index (Phi) is 8.07. The minimum absolute atomic E-state index is 0.578. The van der Waals surface area contributed by atoms with E-state index in [1.165, 1.54) is 32.1 Å². The third kappa shape index (κ3) is 8.01. The Balaban J connectivity index is 3.37. The first-order chi connectivity index (χ1) is 6.20. The van der Waals surface area contributed by atoms with Crippen molar-refractivity contribution in [2.75, 3.05) is 0 Å². The molecule has 0 aromatic heterocycles. The number of hydrogen-bond acceptors (Lipinski definition) is 1. The van der Waals surface area contributed by atoms with E-state index in [0.29, 0.717) is 5.92 Å². The summed E-state index contributed by atoms with van der Waals surface area (Å²) in [5.41, 5.74) is 0. The van der Waals surface area contributed by atoms with Crippen molar-refractivity contribution in [2.45, 2.75) is 59.3 Å². The molecule has 78 valence electrons. The summed E-state index contributed by atoms with van der Waals surface area (Å²) in [4.78, 5) is 10.3. The molecule has 0 N–H and O–H groups in total. The number of aldehydes is 1. The van der Waals surface area contributed by atoms with E-state index in [2.05, 4.69) is 20.8 Å². The Hall–Kier alpha value is -0.330. The highest BCUT2D eigenvalue weighted by atomic mass is 16.1. The van der Waals surface area contributed by atoms with Crippen LogP contribution in [0.1, 0.15) is 59.3 Å². The summed E-state index contributed by atoms with van der Waals surface area (Å²) >= 11 is 0. The summed E-state index contributed by atoms with van der Waals surface area (Å²) < 4.78 is 0. The zero-order valence-corrected chi connectivity index (χ0v) is 9.38. The van der Waals surface area contributed by atoms with Crippen molar-refractivity contribution in [3.05, 3.63) is 0 Å². The maximum Gasteiger partial charge on any atom is 0.120 e. The van der Waals surface area contributed by atoms with Crippen LogP contribution in [0.3, 0.4) is 0 Å². The van der Waals surface area contributed by atoms with Crippen molar-refractivity contribution in [1.29, 1.82) is 0 Å². The maximum absolute atomic E-state index is 10.3. The van der Waals surface area contributed by atoms with Gasteiger partial charge in [-0.3, -0.25) is 0 Å². The Morgan fingerprint density at radius 1 is 1.15 bits per heavy atom. The summed E-state index contributed by atoms with van der Waals surface area (Å²) in [5, 5.41) is 0. The molecule has 0 aliphatic rings. The molecular weight excluding hydrogens is 160 g/mol. The third-order valence-corrected chi connectivity index (χ3v) is 2.60. The summed E-state index contributed by atoms with van der Waals surface area (Å²) in [5.74, 6) is 1.37. The van der Waals surface area contributed by atoms with Crippen molar-refractivity contribution in [3.63, 3.8) is 0 Å². The van der Waals surface area contributed by atoms with Crippen LogP contribution < -0.4 is 0 Å². The van der Waals surface area contributed by atoms with Crippen LogP contribution >= 0.6 is 0 Å². The molecule has 0 saturated carbocycles. The molecule has 2 unspecified atom stereocenters. The first-order valence-electron chi connectivity index (χ1n) is 5.64. The molecule has 0 radical (unpaired) electrons. The lowest BCUT2D eigenvalue weighted by molar-refractivity contribution is -0.108. The first-order valence-corrected chi connectivity index (χ1v) is 5.64. The monoisotopic (exact) mass is 184 g/mol. The summed E-state index contributed by atoms with van der Waals surface area (Å²) in [6.07, 6.45) is 8.33. The van der Waals surface area contributed by atoms with Gasteiger partial charge in [0.05, 0.1) is 0 Å². The molecule has 0 aliphatic heterocycles. The highest BCUT2D eigenvalue weighted by molar-refractivity contribution is 5.49. The zero-order valence-electron chi connectivity index (χ0n) is 9.38. The van der Waals surface area contributed by atoms with Gasteiger partial charge in [-0.25, -0.2) is 0 Å². The largest absolute Gasteiger partial charge is 0.303 e. The van der Waals surface area contributed by atoms with Gasteiger partial charge in [-0.15, -0.1) is 0 Å². The molecule has 13 heavy (non-hydrogen) atoms. The van der Waals surface area contributed by atoms with Crippen LogP contribution in [0.25, 0.3) is 0 Å². The number of hydrogen-bond donors (Lipinski definition) is 0. The minimum Gasteiger partial charge on any atom is -0.303 e. The molecule has 0 rings (SSSR count). The molecule has 1 heteroatoms. The van der Waals surface area contributed by atoms with E-state index in [1.54, 1.807) is 0 Å². The maximum atomic E-state index is 10.3. The van der Waals surface area contributed by atoms with Crippen LogP contribution in [-0.2, 0) is 4.79 Å². The number of unbranched alkanes of at least 4 members (excludes halogenated alkanes) is 2. The molecule has 0 amide bonds. The van der Waals surface area contributed by atoms with Crippen molar-refractivity contribution in [3.8, 4) is 0 Å². The standard InChI is InChI=1S/C12H24O/c1-4-5-6-7-11(2)10-12(3)8-9-13/h9,11-12H,4-8,10H2,1-3H3. The van der Waals surface area contributed by atoms with Gasteiger partial charge in [0, 0.05) is 6.42 Å². The molecule has 0 bridgehead atoms. The van der Waals surface area contributed by atoms with Crippen LogP contribution in [-0.4, -0.2) is 6.29 Å². The number of carbonyl (C=O) groups is 1. The first kappa shape index (κ1) is 12.7. The fourth-order valence-corrected chi connectivity index (χ4v) is 1.81. The molecule has 0 spiro atoms. The lowest BCUT2D eigenvalue weighted by atomic mass is 9.91. The van der Waals surface area contributed by atoms with Gasteiger partial charge in [-0.2, -0.15) is 0 Å². The van der Waals surface area contributed by atoms with Crippen molar-refractivity contribution >= 4 is 6.29 Å². The average Bonchev–Trinajstić information content (AvgIpc) is 2.05. The normalized spacial score (nSPS) is 15.3.